The number of fused-ring (bicyclic) bond motifs is 1. The van der Waals surface area contributed by atoms with Crippen LogP contribution >= 0.6 is 0 Å². The second kappa shape index (κ2) is 6.18. The molecule has 1 saturated carbocycles. The predicted molar refractivity (Wildman–Crippen MR) is 104 cm³/mol. The number of rotatable bonds is 4. The molecule has 1 amide bonds. The van der Waals surface area contributed by atoms with Gasteiger partial charge in [-0.2, -0.15) is 13.5 Å². The average Bonchev–Trinajstić information content (AvgIpc) is 3.26. The second-order valence-corrected chi connectivity index (χ2v) is 9.02. The van der Waals surface area contributed by atoms with E-state index in [1.807, 2.05) is 10.9 Å². The Balaban J connectivity index is 1.60. The van der Waals surface area contributed by atoms with E-state index in [4.69, 9.17) is 0 Å². The van der Waals surface area contributed by atoms with Crippen molar-refractivity contribution in [3.63, 3.8) is 0 Å². The van der Waals surface area contributed by atoms with E-state index >= 15 is 4.39 Å². The first-order valence-electron chi connectivity index (χ1n) is 9.13. The summed E-state index contributed by atoms with van der Waals surface area (Å²) in [6.45, 7) is 0.264. The van der Waals surface area contributed by atoms with Crippen LogP contribution in [0.2, 0.25) is 0 Å². The lowest BCUT2D eigenvalue weighted by molar-refractivity contribution is -0.117. The Bertz CT molecular complexity index is 1270. The van der Waals surface area contributed by atoms with Gasteiger partial charge in [0.25, 0.3) is 5.91 Å². The van der Waals surface area contributed by atoms with E-state index in [9.17, 15) is 18.3 Å². The highest BCUT2D eigenvalue weighted by Gasteiger charge is 2.37. The van der Waals surface area contributed by atoms with Crippen molar-refractivity contribution in [1.29, 1.82) is 0 Å². The lowest BCUT2D eigenvalue weighted by Crippen LogP contribution is -2.30. The highest BCUT2D eigenvalue weighted by atomic mass is 32.2. The molecule has 0 bridgehead atoms. The van der Waals surface area contributed by atoms with Crippen LogP contribution < -0.4 is 9.03 Å². The van der Waals surface area contributed by atoms with Crippen molar-refractivity contribution in [1.82, 2.24) is 14.5 Å². The minimum Gasteiger partial charge on any atom is -0.506 e. The van der Waals surface area contributed by atoms with Crippen LogP contribution in [-0.4, -0.2) is 35.8 Å². The summed E-state index contributed by atoms with van der Waals surface area (Å²) in [6.07, 6.45) is 6.02. The first kappa shape index (κ1) is 17.9. The minimum absolute atomic E-state index is 0.139. The molecule has 2 heterocycles. The van der Waals surface area contributed by atoms with Crippen molar-refractivity contribution in [2.24, 2.45) is 5.92 Å². The van der Waals surface area contributed by atoms with Crippen LogP contribution in [0.25, 0.3) is 21.9 Å². The Kier molecular flexibility index (Phi) is 3.82. The molecule has 150 valence electrons. The number of nitrogens with one attached hydrogen (secondary N) is 1. The Morgan fingerprint density at radius 1 is 1.24 bits per heavy atom. The van der Waals surface area contributed by atoms with E-state index in [-0.39, 0.29) is 5.39 Å². The van der Waals surface area contributed by atoms with E-state index in [1.54, 1.807) is 29.1 Å². The highest BCUT2D eigenvalue weighted by molar-refractivity contribution is 7.92. The summed E-state index contributed by atoms with van der Waals surface area (Å²) >= 11 is 0. The zero-order chi connectivity index (χ0) is 20.3. The van der Waals surface area contributed by atoms with Gasteiger partial charge >= 0.3 is 10.2 Å². The fourth-order valence-electron chi connectivity index (χ4n) is 3.57. The van der Waals surface area contributed by atoms with Gasteiger partial charge in [-0.15, -0.1) is 0 Å². The number of carbonyl (C=O) groups excluding carboxylic acids is 1. The van der Waals surface area contributed by atoms with Crippen molar-refractivity contribution < 1.29 is 22.7 Å². The molecule has 0 spiro atoms. The summed E-state index contributed by atoms with van der Waals surface area (Å²) in [6, 6.07) is 6.31. The molecule has 2 fully saturated rings. The van der Waals surface area contributed by atoms with Gasteiger partial charge in [-0.3, -0.25) is 9.48 Å². The molecule has 2 aromatic carbocycles. The molecule has 1 aliphatic carbocycles. The van der Waals surface area contributed by atoms with Crippen molar-refractivity contribution >= 4 is 32.6 Å². The Morgan fingerprint density at radius 2 is 2.03 bits per heavy atom. The van der Waals surface area contributed by atoms with Crippen LogP contribution in [0.4, 0.5) is 10.1 Å². The Morgan fingerprint density at radius 3 is 2.72 bits per heavy atom. The maximum atomic E-state index is 15.3. The maximum Gasteiger partial charge on any atom is 0.326 e. The normalized spacial score (nSPS) is 18.4. The molecule has 29 heavy (non-hydrogen) atoms. The van der Waals surface area contributed by atoms with Crippen LogP contribution in [-0.2, 0) is 21.5 Å². The molecule has 1 saturated heterocycles. The van der Waals surface area contributed by atoms with E-state index < -0.39 is 39.9 Å². The van der Waals surface area contributed by atoms with Crippen LogP contribution in [0.15, 0.2) is 36.7 Å². The van der Waals surface area contributed by atoms with Gasteiger partial charge in [-0.25, -0.2) is 13.4 Å². The van der Waals surface area contributed by atoms with Gasteiger partial charge in [0.05, 0.1) is 6.20 Å². The standard InChI is InChI=1S/C19H17FN4O4S/c20-18-15-5-12(14-7-21-23(9-14)8-11-1-2-11)3-4-13(15)6-16(25)19(18)24-10-17(26)22-29(24,27)28/h3-7,9,11,25H,1-2,8,10H2,(H,22,26). The van der Waals surface area contributed by atoms with Gasteiger partial charge in [-0.05, 0) is 41.8 Å². The molecule has 5 rings (SSSR count). The number of phenolic OH excluding ortho intramolecular Hbond substituents is 1. The molecule has 0 radical (unpaired) electrons. The lowest BCUT2D eigenvalue weighted by atomic mass is 10.0. The Hall–Kier alpha value is -3.14. The van der Waals surface area contributed by atoms with Gasteiger partial charge in [0.15, 0.2) is 5.82 Å². The number of carbonyl (C=O) groups is 1. The van der Waals surface area contributed by atoms with Gasteiger partial charge in [0.2, 0.25) is 0 Å². The molecule has 8 nitrogen and oxygen atoms in total. The zero-order valence-corrected chi connectivity index (χ0v) is 16.0. The van der Waals surface area contributed by atoms with Gasteiger partial charge < -0.3 is 5.11 Å². The van der Waals surface area contributed by atoms with Crippen LogP contribution in [0.1, 0.15) is 12.8 Å². The molecular formula is C19H17FN4O4S. The molecule has 3 aromatic rings. The smallest absolute Gasteiger partial charge is 0.326 e. The van der Waals surface area contributed by atoms with Crippen molar-refractivity contribution in [2.75, 3.05) is 10.8 Å². The first-order valence-corrected chi connectivity index (χ1v) is 10.6. The van der Waals surface area contributed by atoms with Gasteiger partial charge in [-0.1, -0.05) is 12.1 Å². The maximum absolute atomic E-state index is 15.3. The second-order valence-electron chi connectivity index (χ2n) is 7.43. The van der Waals surface area contributed by atoms with E-state index in [0.29, 0.717) is 21.2 Å². The summed E-state index contributed by atoms with van der Waals surface area (Å²) in [5, 5.41) is 15.1. The van der Waals surface area contributed by atoms with Gasteiger partial charge in [0, 0.05) is 23.7 Å². The van der Waals surface area contributed by atoms with Crippen molar-refractivity contribution in [3.8, 4) is 16.9 Å². The summed E-state index contributed by atoms with van der Waals surface area (Å²) in [7, 11) is -4.25. The number of amides is 1. The monoisotopic (exact) mass is 416 g/mol. The molecule has 0 unspecified atom stereocenters. The third-order valence-electron chi connectivity index (χ3n) is 5.21. The fourth-order valence-corrected chi connectivity index (χ4v) is 4.73. The topological polar surface area (TPSA) is 105 Å². The Labute approximate surface area is 165 Å². The number of hydrogen-bond donors (Lipinski definition) is 2. The van der Waals surface area contributed by atoms with Gasteiger partial charge in [0.1, 0.15) is 18.0 Å². The van der Waals surface area contributed by atoms with E-state index in [0.717, 1.165) is 12.1 Å². The predicted octanol–water partition coefficient (Wildman–Crippen LogP) is 2.14. The van der Waals surface area contributed by atoms with Crippen LogP contribution in [0, 0.1) is 11.7 Å². The largest absolute Gasteiger partial charge is 0.506 e. The summed E-state index contributed by atoms with van der Waals surface area (Å²) in [5.41, 5.74) is 0.984. The number of benzene rings is 2. The molecule has 0 atom stereocenters. The highest BCUT2D eigenvalue weighted by Crippen LogP contribution is 2.39. The number of phenols is 1. The zero-order valence-electron chi connectivity index (χ0n) is 15.2. The number of halogens is 1. The molecule has 2 aliphatic rings. The number of aromatic nitrogens is 2. The summed E-state index contributed by atoms with van der Waals surface area (Å²) in [5.74, 6) is -1.59. The van der Waals surface area contributed by atoms with Crippen molar-refractivity contribution in [2.45, 2.75) is 19.4 Å². The average molecular weight is 416 g/mol. The van der Waals surface area contributed by atoms with E-state index in [2.05, 4.69) is 5.10 Å². The van der Waals surface area contributed by atoms with Crippen LogP contribution in [0.3, 0.4) is 0 Å². The third-order valence-corrected chi connectivity index (χ3v) is 6.59. The molecule has 1 aromatic heterocycles. The SMILES string of the molecule is O=C1CN(c2c(O)cc3ccc(-c4cnn(CC5CC5)c4)cc3c2F)S(=O)(=O)N1. The molecular weight excluding hydrogens is 399 g/mol. The van der Waals surface area contributed by atoms with Crippen LogP contribution in [0.5, 0.6) is 5.75 Å². The number of nitrogens with zero attached hydrogens (tertiary/aromatic N) is 3. The fraction of sp³-hybridized carbons (Fsp3) is 0.263. The first-order chi connectivity index (χ1) is 13.8. The molecule has 1 aliphatic heterocycles. The van der Waals surface area contributed by atoms with Crippen molar-refractivity contribution in [3.05, 3.63) is 42.5 Å². The number of hydrogen-bond acceptors (Lipinski definition) is 5. The number of anilines is 1. The quantitative estimate of drug-likeness (QED) is 0.678. The third kappa shape index (κ3) is 3.09. The summed E-state index contributed by atoms with van der Waals surface area (Å²) < 4.78 is 43.7. The number of aromatic hydroxyl groups is 1. The molecule has 10 heteroatoms. The van der Waals surface area contributed by atoms with E-state index in [1.165, 1.54) is 18.9 Å². The molecule has 2 N–H and O–H groups in total. The summed E-state index contributed by atoms with van der Waals surface area (Å²) in [4.78, 5) is 11.5. The lowest BCUT2D eigenvalue weighted by Gasteiger charge is -2.18. The minimum atomic E-state index is -4.25.